The molecule has 1 aliphatic heterocycles. The fraction of sp³-hybridized carbons (Fsp3) is 0.588. The van der Waals surface area contributed by atoms with Gasteiger partial charge in [0.25, 0.3) is 0 Å². The molecule has 1 saturated heterocycles. The van der Waals surface area contributed by atoms with Gasteiger partial charge in [-0.15, -0.1) is 11.8 Å². The molecule has 0 saturated carbocycles. The lowest BCUT2D eigenvalue weighted by Crippen LogP contribution is -2.42. The quantitative estimate of drug-likeness (QED) is 0.570. The van der Waals surface area contributed by atoms with E-state index in [4.69, 9.17) is 4.74 Å². The molecule has 1 atom stereocenters. The Bertz CT molecular complexity index is 447. The van der Waals surface area contributed by atoms with Crippen molar-refractivity contribution < 1.29 is 9.53 Å². The minimum atomic E-state index is 0.207. The number of hydrogen-bond donors (Lipinski definition) is 0. The minimum Gasteiger partial charge on any atom is -0.377 e. The Kier molecular flexibility index (Phi) is 6.74. The molecule has 1 unspecified atom stereocenters. The van der Waals surface area contributed by atoms with Gasteiger partial charge in [-0.1, -0.05) is 19.1 Å². The summed E-state index contributed by atoms with van der Waals surface area (Å²) in [6.45, 7) is 5.34. The highest BCUT2D eigenvalue weighted by molar-refractivity contribution is 7.98. The maximum absolute atomic E-state index is 12.3. The summed E-state index contributed by atoms with van der Waals surface area (Å²) in [5.74, 6) is 0.207. The second kappa shape index (κ2) is 8.57. The molecule has 1 aliphatic rings. The van der Waals surface area contributed by atoms with E-state index < -0.39 is 0 Å². The summed E-state index contributed by atoms with van der Waals surface area (Å²) in [6.07, 6.45) is 5.63. The van der Waals surface area contributed by atoms with E-state index in [0.717, 1.165) is 44.5 Å². The summed E-state index contributed by atoms with van der Waals surface area (Å²) in [7, 11) is 0. The van der Waals surface area contributed by atoms with Gasteiger partial charge in [-0.05, 0) is 44.2 Å². The number of rotatable bonds is 7. The lowest BCUT2D eigenvalue weighted by atomic mass is 10.1. The number of likely N-dealkylation sites (tertiary alicyclic amines) is 1. The summed E-state index contributed by atoms with van der Waals surface area (Å²) in [5, 5.41) is 0. The molecule has 1 fully saturated rings. The normalized spacial score (nSPS) is 19.6. The van der Waals surface area contributed by atoms with Gasteiger partial charge in [0.2, 0.25) is 0 Å². The fourth-order valence-electron chi connectivity index (χ4n) is 2.65. The third kappa shape index (κ3) is 5.13. The SMILES string of the molecule is CCCOC1CCCN(CC(=O)c2ccc(SC)cc2)C1. The zero-order chi connectivity index (χ0) is 15.1. The molecule has 3 nitrogen and oxygen atoms in total. The molecule has 116 valence electrons. The predicted octanol–water partition coefficient (Wildman–Crippen LogP) is 3.48. The topological polar surface area (TPSA) is 29.5 Å². The molecule has 0 radical (unpaired) electrons. The third-order valence-corrected chi connectivity index (χ3v) is 4.54. The Morgan fingerprint density at radius 3 is 2.81 bits per heavy atom. The Balaban J connectivity index is 1.86. The number of nitrogens with zero attached hydrogens (tertiary/aromatic N) is 1. The third-order valence-electron chi connectivity index (χ3n) is 3.80. The lowest BCUT2D eigenvalue weighted by Gasteiger charge is -2.32. The van der Waals surface area contributed by atoms with Gasteiger partial charge in [-0.3, -0.25) is 9.69 Å². The number of Topliss-reactive ketones (excluding diaryl/α,β-unsaturated/α-hetero) is 1. The van der Waals surface area contributed by atoms with Gasteiger partial charge in [0.05, 0.1) is 12.6 Å². The van der Waals surface area contributed by atoms with Crippen molar-refractivity contribution in [3.8, 4) is 0 Å². The maximum atomic E-state index is 12.3. The molecule has 0 aromatic heterocycles. The number of carbonyl (C=O) groups excluding carboxylic acids is 1. The van der Waals surface area contributed by atoms with E-state index in [1.165, 1.54) is 4.90 Å². The largest absolute Gasteiger partial charge is 0.377 e. The van der Waals surface area contributed by atoms with Gasteiger partial charge < -0.3 is 4.74 Å². The fourth-order valence-corrected chi connectivity index (χ4v) is 3.06. The van der Waals surface area contributed by atoms with Gasteiger partial charge in [-0.25, -0.2) is 0 Å². The van der Waals surface area contributed by atoms with Crippen molar-refractivity contribution in [2.24, 2.45) is 0 Å². The van der Waals surface area contributed by atoms with E-state index in [-0.39, 0.29) is 5.78 Å². The second-order valence-corrected chi connectivity index (χ2v) is 6.40. The lowest BCUT2D eigenvalue weighted by molar-refractivity contribution is 0.00131. The molecule has 1 aromatic carbocycles. The average Bonchev–Trinajstić information content (AvgIpc) is 2.53. The van der Waals surface area contributed by atoms with Crippen molar-refractivity contribution in [1.29, 1.82) is 0 Å². The van der Waals surface area contributed by atoms with Crippen LogP contribution < -0.4 is 0 Å². The highest BCUT2D eigenvalue weighted by atomic mass is 32.2. The van der Waals surface area contributed by atoms with Crippen LogP contribution in [0.5, 0.6) is 0 Å². The summed E-state index contributed by atoms with van der Waals surface area (Å²) in [6, 6.07) is 7.90. The van der Waals surface area contributed by atoms with Crippen molar-refractivity contribution >= 4 is 17.5 Å². The minimum absolute atomic E-state index is 0.207. The van der Waals surface area contributed by atoms with Crippen LogP contribution >= 0.6 is 11.8 Å². The van der Waals surface area contributed by atoms with Crippen molar-refractivity contribution in [2.75, 3.05) is 32.5 Å². The monoisotopic (exact) mass is 307 g/mol. The van der Waals surface area contributed by atoms with E-state index in [9.17, 15) is 4.79 Å². The van der Waals surface area contributed by atoms with Crippen molar-refractivity contribution in [3.63, 3.8) is 0 Å². The number of hydrogen-bond acceptors (Lipinski definition) is 4. The second-order valence-electron chi connectivity index (χ2n) is 5.52. The molecule has 1 aromatic rings. The number of piperidine rings is 1. The Hall–Kier alpha value is -0.840. The maximum Gasteiger partial charge on any atom is 0.176 e. The molecule has 2 rings (SSSR count). The van der Waals surface area contributed by atoms with Crippen LogP contribution in [0.2, 0.25) is 0 Å². The van der Waals surface area contributed by atoms with Crippen LogP contribution in [-0.2, 0) is 4.74 Å². The summed E-state index contributed by atoms with van der Waals surface area (Å²) in [4.78, 5) is 15.8. The molecule has 0 amide bonds. The number of thioether (sulfide) groups is 1. The van der Waals surface area contributed by atoms with E-state index in [1.54, 1.807) is 11.8 Å². The summed E-state index contributed by atoms with van der Waals surface area (Å²) >= 11 is 1.69. The zero-order valence-corrected chi connectivity index (χ0v) is 13.8. The van der Waals surface area contributed by atoms with E-state index in [1.807, 2.05) is 30.5 Å². The van der Waals surface area contributed by atoms with E-state index in [0.29, 0.717) is 12.6 Å². The summed E-state index contributed by atoms with van der Waals surface area (Å²) < 4.78 is 5.82. The number of ether oxygens (including phenoxy) is 1. The van der Waals surface area contributed by atoms with Crippen LogP contribution in [-0.4, -0.2) is 49.3 Å². The Morgan fingerprint density at radius 1 is 1.38 bits per heavy atom. The molecular formula is C17H25NO2S. The van der Waals surface area contributed by atoms with Crippen molar-refractivity contribution in [3.05, 3.63) is 29.8 Å². The van der Waals surface area contributed by atoms with Crippen LogP contribution in [0.15, 0.2) is 29.2 Å². The van der Waals surface area contributed by atoms with Crippen LogP contribution in [0.1, 0.15) is 36.5 Å². The van der Waals surface area contributed by atoms with Crippen LogP contribution in [0, 0.1) is 0 Å². The van der Waals surface area contributed by atoms with Gasteiger partial charge in [0.1, 0.15) is 0 Å². The Labute approximate surface area is 132 Å². The molecule has 1 heterocycles. The number of ketones is 1. The van der Waals surface area contributed by atoms with Crippen LogP contribution in [0.25, 0.3) is 0 Å². The first-order chi connectivity index (χ1) is 10.2. The smallest absolute Gasteiger partial charge is 0.176 e. The average molecular weight is 307 g/mol. The van der Waals surface area contributed by atoms with Crippen molar-refractivity contribution in [2.45, 2.75) is 37.2 Å². The standard InChI is InChI=1S/C17H25NO2S/c1-3-11-20-15-5-4-10-18(12-15)13-17(19)14-6-8-16(21-2)9-7-14/h6-9,15H,3-5,10-13H2,1-2H3. The van der Waals surface area contributed by atoms with Crippen molar-refractivity contribution in [1.82, 2.24) is 4.90 Å². The first kappa shape index (κ1) is 16.5. The van der Waals surface area contributed by atoms with E-state index >= 15 is 0 Å². The molecule has 4 heteroatoms. The van der Waals surface area contributed by atoms with E-state index in [2.05, 4.69) is 11.8 Å². The molecule has 0 aliphatic carbocycles. The van der Waals surface area contributed by atoms with Gasteiger partial charge in [-0.2, -0.15) is 0 Å². The highest BCUT2D eigenvalue weighted by Crippen LogP contribution is 2.17. The molecule has 0 bridgehead atoms. The summed E-state index contributed by atoms with van der Waals surface area (Å²) in [5.41, 5.74) is 0.810. The molecular weight excluding hydrogens is 282 g/mol. The highest BCUT2D eigenvalue weighted by Gasteiger charge is 2.22. The first-order valence-electron chi connectivity index (χ1n) is 7.74. The van der Waals surface area contributed by atoms with Gasteiger partial charge >= 0.3 is 0 Å². The molecule has 0 N–H and O–H groups in total. The Morgan fingerprint density at radius 2 is 2.14 bits per heavy atom. The molecule has 21 heavy (non-hydrogen) atoms. The first-order valence-corrected chi connectivity index (χ1v) is 8.96. The van der Waals surface area contributed by atoms with Crippen LogP contribution in [0.4, 0.5) is 0 Å². The van der Waals surface area contributed by atoms with Gasteiger partial charge in [0, 0.05) is 23.6 Å². The van der Waals surface area contributed by atoms with Gasteiger partial charge in [0.15, 0.2) is 5.78 Å². The number of benzene rings is 1. The number of carbonyl (C=O) groups is 1. The zero-order valence-electron chi connectivity index (χ0n) is 13.0. The van der Waals surface area contributed by atoms with Crippen LogP contribution in [0.3, 0.4) is 0 Å². The molecule has 0 spiro atoms. The predicted molar refractivity (Wildman–Crippen MR) is 88.3 cm³/mol.